The highest BCUT2D eigenvalue weighted by atomic mass is 32.2. The first-order chi connectivity index (χ1) is 12.8. The van der Waals surface area contributed by atoms with E-state index in [2.05, 4.69) is 25.5 Å². The zero-order valence-corrected chi connectivity index (χ0v) is 16.3. The lowest BCUT2D eigenvalue weighted by Gasteiger charge is -2.28. The first-order valence-corrected chi connectivity index (χ1v) is 10.7. The Morgan fingerprint density at radius 1 is 1.26 bits per heavy atom. The van der Waals surface area contributed by atoms with E-state index in [1.54, 1.807) is 6.07 Å². The highest BCUT2D eigenvalue weighted by Crippen LogP contribution is 2.24. The zero-order chi connectivity index (χ0) is 19.4. The van der Waals surface area contributed by atoms with Crippen molar-refractivity contribution in [3.05, 3.63) is 36.4 Å². The van der Waals surface area contributed by atoms with Crippen LogP contribution in [0.5, 0.6) is 0 Å². The fourth-order valence-corrected chi connectivity index (χ4v) is 3.79. The molecule has 0 radical (unpaired) electrons. The Kier molecular flexibility index (Phi) is 5.91. The molecular weight excluding hydrogens is 369 g/mol. The summed E-state index contributed by atoms with van der Waals surface area (Å²) in [5, 5.41) is 6.21. The molecule has 1 saturated heterocycles. The number of benzene rings is 1. The van der Waals surface area contributed by atoms with Crippen LogP contribution in [0.3, 0.4) is 0 Å². The highest BCUT2D eigenvalue weighted by molar-refractivity contribution is 7.90. The monoisotopic (exact) mass is 393 g/mol. The van der Waals surface area contributed by atoms with Crippen molar-refractivity contribution in [2.75, 3.05) is 43.2 Å². The van der Waals surface area contributed by atoms with E-state index >= 15 is 0 Å². The molecule has 1 aromatic heterocycles. The van der Waals surface area contributed by atoms with Gasteiger partial charge in [0.25, 0.3) is 0 Å². The van der Waals surface area contributed by atoms with Crippen molar-refractivity contribution in [2.24, 2.45) is 5.92 Å². The highest BCUT2D eigenvalue weighted by Gasteiger charge is 2.17. The van der Waals surface area contributed by atoms with Crippen LogP contribution in [0.4, 0.5) is 21.7 Å². The summed E-state index contributed by atoms with van der Waals surface area (Å²) < 4.78 is 37.5. The van der Waals surface area contributed by atoms with Crippen LogP contribution in [0, 0.1) is 11.7 Å². The first-order valence-electron chi connectivity index (χ1n) is 8.83. The standard InChI is InChI=1S/C18H24FN5O2S/c1-24(11-13-5-7-20-8-6-13)18-10-17(21-12-22-18)23-16-9-14(27(2,25)26)3-4-15(16)19/h3-4,9-10,12-13,20H,5-8,11H2,1-2H3,(H,21,22,23). The number of hydrogen-bond donors (Lipinski definition) is 2. The van der Waals surface area contributed by atoms with Gasteiger partial charge in [0.2, 0.25) is 0 Å². The van der Waals surface area contributed by atoms with Crippen molar-refractivity contribution in [1.82, 2.24) is 15.3 Å². The van der Waals surface area contributed by atoms with E-state index in [-0.39, 0.29) is 10.6 Å². The SMILES string of the molecule is CN(CC1CCNCC1)c1cc(Nc2cc(S(C)(=O)=O)ccc2F)ncn1. The first kappa shape index (κ1) is 19.5. The lowest BCUT2D eigenvalue weighted by Crippen LogP contribution is -2.34. The van der Waals surface area contributed by atoms with Crippen LogP contribution in [0.25, 0.3) is 0 Å². The molecule has 0 unspecified atom stereocenters. The van der Waals surface area contributed by atoms with Crippen molar-refractivity contribution < 1.29 is 12.8 Å². The number of rotatable bonds is 6. The second kappa shape index (κ2) is 8.18. The van der Waals surface area contributed by atoms with Crippen molar-refractivity contribution in [3.8, 4) is 0 Å². The van der Waals surface area contributed by atoms with E-state index in [1.807, 2.05) is 7.05 Å². The number of halogens is 1. The van der Waals surface area contributed by atoms with Gasteiger partial charge in [-0.15, -0.1) is 0 Å². The van der Waals surface area contributed by atoms with E-state index in [0.717, 1.165) is 50.6 Å². The fraction of sp³-hybridized carbons (Fsp3) is 0.444. The molecule has 2 aromatic rings. The van der Waals surface area contributed by atoms with Gasteiger partial charge >= 0.3 is 0 Å². The average molecular weight is 393 g/mol. The van der Waals surface area contributed by atoms with Gasteiger partial charge in [0.1, 0.15) is 23.8 Å². The summed E-state index contributed by atoms with van der Waals surface area (Å²) in [6.07, 6.45) is 4.76. The van der Waals surface area contributed by atoms with Gasteiger partial charge in [0.05, 0.1) is 10.6 Å². The van der Waals surface area contributed by atoms with Crippen molar-refractivity contribution in [3.63, 3.8) is 0 Å². The van der Waals surface area contributed by atoms with E-state index in [9.17, 15) is 12.8 Å². The summed E-state index contributed by atoms with van der Waals surface area (Å²) in [5.41, 5.74) is 0.0589. The van der Waals surface area contributed by atoms with Crippen molar-refractivity contribution in [2.45, 2.75) is 17.7 Å². The molecule has 7 nitrogen and oxygen atoms in total. The second-order valence-electron chi connectivity index (χ2n) is 6.87. The third-order valence-electron chi connectivity index (χ3n) is 4.66. The molecule has 1 aliphatic heterocycles. The van der Waals surface area contributed by atoms with Crippen molar-refractivity contribution in [1.29, 1.82) is 0 Å². The van der Waals surface area contributed by atoms with Gasteiger partial charge in [0, 0.05) is 25.9 Å². The summed E-state index contributed by atoms with van der Waals surface area (Å²) >= 11 is 0. The molecule has 0 spiro atoms. The number of nitrogens with one attached hydrogen (secondary N) is 2. The molecule has 0 atom stereocenters. The average Bonchev–Trinajstić information content (AvgIpc) is 2.64. The fourth-order valence-electron chi connectivity index (χ4n) is 3.14. The third kappa shape index (κ3) is 5.14. The predicted molar refractivity (Wildman–Crippen MR) is 104 cm³/mol. The summed E-state index contributed by atoms with van der Waals surface area (Å²) in [6.45, 7) is 2.95. The van der Waals surface area contributed by atoms with Gasteiger partial charge in [-0.2, -0.15) is 0 Å². The van der Waals surface area contributed by atoms with Crippen molar-refractivity contribution >= 4 is 27.2 Å². The second-order valence-corrected chi connectivity index (χ2v) is 8.89. The van der Waals surface area contributed by atoms with E-state index < -0.39 is 15.7 Å². The van der Waals surface area contributed by atoms with Gasteiger partial charge in [-0.25, -0.2) is 22.8 Å². The molecule has 0 amide bonds. The molecule has 1 fully saturated rings. The maximum absolute atomic E-state index is 14.1. The molecule has 0 aliphatic carbocycles. The number of nitrogens with zero attached hydrogens (tertiary/aromatic N) is 3. The minimum atomic E-state index is -3.43. The molecular formula is C18H24FN5O2S. The summed E-state index contributed by atoms with van der Waals surface area (Å²) in [5.74, 6) is 1.18. The normalized spacial score (nSPS) is 15.5. The molecule has 9 heteroatoms. The Morgan fingerprint density at radius 2 is 2.00 bits per heavy atom. The van der Waals surface area contributed by atoms with Crippen LogP contribution >= 0.6 is 0 Å². The van der Waals surface area contributed by atoms with Gasteiger partial charge in [-0.3, -0.25) is 0 Å². The third-order valence-corrected chi connectivity index (χ3v) is 5.77. The minimum absolute atomic E-state index is 0.0451. The molecule has 1 aromatic carbocycles. The Morgan fingerprint density at radius 3 is 2.70 bits per heavy atom. The van der Waals surface area contributed by atoms with Gasteiger partial charge < -0.3 is 15.5 Å². The molecule has 27 heavy (non-hydrogen) atoms. The van der Waals surface area contributed by atoms with Crippen LogP contribution in [0.15, 0.2) is 35.5 Å². The molecule has 3 rings (SSSR count). The number of anilines is 3. The molecule has 0 bridgehead atoms. The number of sulfone groups is 1. The van der Waals surface area contributed by atoms with Crippen LogP contribution in [0.2, 0.25) is 0 Å². The number of aromatic nitrogens is 2. The Hall–Kier alpha value is -2.26. The van der Waals surface area contributed by atoms with E-state index in [4.69, 9.17) is 0 Å². The summed E-state index contributed by atoms with van der Waals surface area (Å²) in [7, 11) is -1.45. The Balaban J connectivity index is 1.76. The zero-order valence-electron chi connectivity index (χ0n) is 15.4. The number of piperidine rings is 1. The van der Waals surface area contributed by atoms with Gasteiger partial charge in [-0.1, -0.05) is 0 Å². The maximum Gasteiger partial charge on any atom is 0.175 e. The maximum atomic E-state index is 14.1. The van der Waals surface area contributed by atoms with Crippen LogP contribution < -0.4 is 15.5 Å². The van der Waals surface area contributed by atoms with E-state index in [0.29, 0.717) is 11.7 Å². The quantitative estimate of drug-likeness (QED) is 0.728. The molecule has 2 heterocycles. The Bertz CT molecular complexity index is 900. The van der Waals surface area contributed by atoms with Crippen LogP contribution in [0.1, 0.15) is 12.8 Å². The lowest BCUT2D eigenvalue weighted by atomic mass is 9.98. The number of hydrogen-bond acceptors (Lipinski definition) is 7. The topological polar surface area (TPSA) is 87.2 Å². The predicted octanol–water partition coefficient (Wildman–Crippen LogP) is 2.20. The Labute approximate surface area is 158 Å². The summed E-state index contributed by atoms with van der Waals surface area (Å²) in [4.78, 5) is 10.5. The summed E-state index contributed by atoms with van der Waals surface area (Å²) in [6, 6.07) is 5.37. The lowest BCUT2D eigenvalue weighted by molar-refractivity contribution is 0.377. The van der Waals surface area contributed by atoms with Crippen LogP contribution in [-0.2, 0) is 9.84 Å². The minimum Gasteiger partial charge on any atom is -0.359 e. The largest absolute Gasteiger partial charge is 0.359 e. The van der Waals surface area contributed by atoms with Crippen LogP contribution in [-0.4, -0.2) is 51.3 Å². The van der Waals surface area contributed by atoms with Gasteiger partial charge in [0.15, 0.2) is 9.84 Å². The molecule has 2 N–H and O–H groups in total. The molecule has 0 saturated carbocycles. The van der Waals surface area contributed by atoms with Gasteiger partial charge in [-0.05, 0) is 50.0 Å². The molecule has 1 aliphatic rings. The smallest absolute Gasteiger partial charge is 0.175 e. The molecule has 146 valence electrons. The van der Waals surface area contributed by atoms with E-state index in [1.165, 1.54) is 18.5 Å².